The highest BCUT2D eigenvalue weighted by atomic mass is 15.3. The average molecular weight is 443 g/mol. The molecule has 0 spiro atoms. The highest BCUT2D eigenvalue weighted by Crippen LogP contribution is 2.47. The minimum absolute atomic E-state index is 0.543. The van der Waals surface area contributed by atoms with Crippen LogP contribution in [-0.2, 0) is 0 Å². The molecule has 4 heterocycles. The molecule has 0 N–H and O–H groups in total. The lowest BCUT2D eigenvalue weighted by molar-refractivity contribution is -0.0418. The van der Waals surface area contributed by atoms with Crippen LogP contribution in [0.5, 0.6) is 0 Å². The van der Waals surface area contributed by atoms with Crippen molar-refractivity contribution in [2.24, 2.45) is 16.8 Å². The maximum atomic E-state index is 5.09. The van der Waals surface area contributed by atoms with Gasteiger partial charge in [-0.2, -0.15) is 0 Å². The van der Waals surface area contributed by atoms with Crippen LogP contribution in [0.4, 0.5) is 0 Å². The largest absolute Gasteiger partial charge is 0.319 e. The van der Waals surface area contributed by atoms with Gasteiger partial charge in [0.05, 0.1) is 11.0 Å². The van der Waals surface area contributed by atoms with E-state index in [9.17, 15) is 0 Å². The van der Waals surface area contributed by atoms with E-state index in [1.165, 1.54) is 82.6 Å². The van der Waals surface area contributed by atoms with Crippen molar-refractivity contribution in [2.45, 2.75) is 108 Å². The molecule has 0 unspecified atom stereocenters. The summed E-state index contributed by atoms with van der Waals surface area (Å²) in [5.41, 5.74) is 3.50. The highest BCUT2D eigenvalue weighted by Gasteiger charge is 2.45. The van der Waals surface area contributed by atoms with Crippen LogP contribution < -0.4 is 0 Å². The zero-order valence-corrected chi connectivity index (χ0v) is 19.9. The van der Waals surface area contributed by atoms with Gasteiger partial charge >= 0.3 is 0 Å². The fourth-order valence-electron chi connectivity index (χ4n) is 8.42. The van der Waals surface area contributed by atoms with E-state index >= 15 is 0 Å². The van der Waals surface area contributed by atoms with Crippen molar-refractivity contribution >= 4 is 22.9 Å². The lowest BCUT2D eigenvalue weighted by Crippen LogP contribution is -2.58. The van der Waals surface area contributed by atoms with Crippen LogP contribution in [0.25, 0.3) is 16.7 Å². The number of imidazole rings is 1. The summed E-state index contributed by atoms with van der Waals surface area (Å²) >= 11 is 0. The normalized spacial score (nSPS) is 36.7. The van der Waals surface area contributed by atoms with Crippen LogP contribution in [0.3, 0.4) is 0 Å². The summed E-state index contributed by atoms with van der Waals surface area (Å²) in [7, 11) is 0. The van der Waals surface area contributed by atoms with Crippen molar-refractivity contribution in [3.8, 4) is 0 Å². The van der Waals surface area contributed by atoms with Gasteiger partial charge in [-0.15, -0.1) is 0 Å². The summed E-state index contributed by atoms with van der Waals surface area (Å²) in [6.07, 6.45) is 22.4. The van der Waals surface area contributed by atoms with Crippen LogP contribution in [-0.4, -0.2) is 38.8 Å². The molecule has 0 amide bonds. The van der Waals surface area contributed by atoms with E-state index in [0.717, 1.165) is 53.4 Å². The Hall–Kier alpha value is -1.94. The molecule has 4 heteroatoms. The van der Waals surface area contributed by atoms with Gasteiger partial charge in [0.25, 0.3) is 0 Å². The first-order chi connectivity index (χ1) is 16.3. The molecular formula is C29H38N4. The van der Waals surface area contributed by atoms with Gasteiger partial charge in [0.2, 0.25) is 0 Å². The maximum absolute atomic E-state index is 5.09. The molecular weight excluding hydrogens is 404 g/mol. The Balaban J connectivity index is 1.21. The molecule has 7 rings (SSSR count). The van der Waals surface area contributed by atoms with Crippen molar-refractivity contribution in [3.63, 3.8) is 0 Å². The third-order valence-corrected chi connectivity index (χ3v) is 9.62. The smallest absolute Gasteiger partial charge is 0.159 e. The maximum Gasteiger partial charge on any atom is 0.159 e. The standard InChI is InChI=1S/C29H38N4/c1-2-8-21-15-20(7-1)16-24(17-21)32-22-9-5-10-23(32)19-25(18-22)33-28-13-4-3-11-26(28)31-29(33)27-12-6-14-30-27/h3-4,11-14,20-25H,1-2,5-10,15-19H2/t20-,21+,22-,23+,24-,25+. The number of aromatic nitrogens is 2. The number of benzene rings is 1. The topological polar surface area (TPSA) is 33.4 Å². The molecule has 2 saturated carbocycles. The van der Waals surface area contributed by atoms with Gasteiger partial charge in [-0.05, 0) is 75.0 Å². The van der Waals surface area contributed by atoms with E-state index in [-0.39, 0.29) is 0 Å². The molecule has 0 radical (unpaired) electrons. The number of hydrogen-bond donors (Lipinski definition) is 0. The van der Waals surface area contributed by atoms with Crippen molar-refractivity contribution in [1.82, 2.24) is 14.5 Å². The zero-order chi connectivity index (χ0) is 21.8. The summed E-state index contributed by atoms with van der Waals surface area (Å²) in [6.45, 7) is 0. The predicted octanol–water partition coefficient (Wildman–Crippen LogP) is 6.77. The number of allylic oxidation sites excluding steroid dienone is 1. The van der Waals surface area contributed by atoms with Gasteiger partial charge in [-0.25, -0.2) is 4.98 Å². The Morgan fingerprint density at radius 1 is 0.727 bits per heavy atom. The molecule has 2 aromatic rings. The number of rotatable bonds is 3. The molecule has 4 fully saturated rings. The van der Waals surface area contributed by atoms with Gasteiger partial charge in [0.1, 0.15) is 5.70 Å². The molecule has 174 valence electrons. The minimum atomic E-state index is 0.543. The van der Waals surface area contributed by atoms with Crippen LogP contribution >= 0.6 is 0 Å². The second kappa shape index (κ2) is 8.37. The first-order valence-corrected chi connectivity index (χ1v) is 13.8. The van der Waals surface area contributed by atoms with Crippen LogP contribution in [0, 0.1) is 11.8 Å². The molecule has 33 heavy (non-hydrogen) atoms. The molecule has 6 atom stereocenters. The molecule has 1 aromatic carbocycles. The van der Waals surface area contributed by atoms with E-state index in [1.807, 2.05) is 6.21 Å². The summed E-state index contributed by atoms with van der Waals surface area (Å²) in [6, 6.07) is 11.6. The third-order valence-electron chi connectivity index (χ3n) is 9.62. The number of piperidine rings is 2. The Labute approximate surface area is 198 Å². The lowest BCUT2D eigenvalue weighted by atomic mass is 9.73. The first-order valence-electron chi connectivity index (χ1n) is 13.8. The van der Waals surface area contributed by atoms with E-state index in [0.29, 0.717) is 6.04 Å². The number of hydrogen-bond acceptors (Lipinski definition) is 3. The van der Waals surface area contributed by atoms with Crippen molar-refractivity contribution < 1.29 is 0 Å². The summed E-state index contributed by atoms with van der Waals surface area (Å²) in [5, 5.41) is 0. The average Bonchev–Trinajstić information content (AvgIpc) is 3.45. The monoisotopic (exact) mass is 442 g/mol. The summed E-state index contributed by atoms with van der Waals surface area (Å²) in [4.78, 5) is 12.9. The third kappa shape index (κ3) is 3.60. The van der Waals surface area contributed by atoms with Gasteiger partial charge in [-0.1, -0.05) is 44.2 Å². The lowest BCUT2D eigenvalue weighted by Gasteiger charge is -2.54. The van der Waals surface area contributed by atoms with Crippen LogP contribution in [0.15, 0.2) is 35.3 Å². The van der Waals surface area contributed by atoms with Gasteiger partial charge in [0, 0.05) is 36.8 Å². The SMILES string of the molecule is C1=NC(c2nc3ccccc3n2[C@H]2C[C@H]3CCC[C@@H](C2)N3[C@@H]2C[C@@H]3CCCC[C@@H](C3)C2)=CC1. The second-order valence-electron chi connectivity index (χ2n) is 11.6. The zero-order valence-electron chi connectivity index (χ0n) is 19.9. The van der Waals surface area contributed by atoms with Gasteiger partial charge in [0.15, 0.2) is 5.82 Å². The minimum Gasteiger partial charge on any atom is -0.319 e. The van der Waals surface area contributed by atoms with E-state index < -0.39 is 0 Å². The molecule has 1 aromatic heterocycles. The van der Waals surface area contributed by atoms with Gasteiger partial charge < -0.3 is 4.57 Å². The number of aliphatic imine (C=N–C) groups is 1. The Bertz CT molecular complexity index is 1050. The molecule has 4 nitrogen and oxygen atoms in total. The Kier molecular flexibility index (Phi) is 5.19. The second-order valence-corrected chi connectivity index (χ2v) is 11.6. The number of fused-ring (bicyclic) bond motifs is 5. The van der Waals surface area contributed by atoms with Crippen molar-refractivity contribution in [1.29, 1.82) is 0 Å². The molecule has 2 aliphatic carbocycles. The summed E-state index contributed by atoms with van der Waals surface area (Å²) in [5.74, 6) is 3.11. The Morgan fingerprint density at radius 3 is 2.21 bits per heavy atom. The summed E-state index contributed by atoms with van der Waals surface area (Å²) < 4.78 is 2.59. The molecule has 2 saturated heterocycles. The van der Waals surface area contributed by atoms with Gasteiger partial charge in [-0.3, -0.25) is 9.89 Å². The number of nitrogens with zero attached hydrogens (tertiary/aromatic N) is 4. The molecule has 3 aliphatic heterocycles. The highest BCUT2D eigenvalue weighted by molar-refractivity contribution is 5.84. The molecule has 4 bridgehead atoms. The van der Waals surface area contributed by atoms with Crippen molar-refractivity contribution in [3.05, 3.63) is 36.2 Å². The first kappa shape index (κ1) is 20.4. The Morgan fingerprint density at radius 2 is 1.48 bits per heavy atom. The fraction of sp³-hybridized carbons (Fsp3) is 0.655. The fourth-order valence-corrected chi connectivity index (χ4v) is 8.42. The van der Waals surface area contributed by atoms with E-state index in [2.05, 4.69) is 39.8 Å². The molecule has 5 aliphatic rings. The van der Waals surface area contributed by atoms with Crippen LogP contribution in [0.2, 0.25) is 0 Å². The van der Waals surface area contributed by atoms with E-state index in [4.69, 9.17) is 9.98 Å². The van der Waals surface area contributed by atoms with Crippen molar-refractivity contribution in [2.75, 3.05) is 0 Å². The van der Waals surface area contributed by atoms with E-state index in [1.54, 1.807) is 0 Å². The number of para-hydroxylation sites is 2. The quantitative estimate of drug-likeness (QED) is 0.526. The van der Waals surface area contributed by atoms with Crippen LogP contribution in [0.1, 0.15) is 95.3 Å². The predicted molar refractivity (Wildman–Crippen MR) is 135 cm³/mol.